The highest BCUT2D eigenvalue weighted by Gasteiger charge is 2.35. The fraction of sp³-hybridized carbons (Fsp3) is 0.257. The van der Waals surface area contributed by atoms with Crippen LogP contribution in [-0.2, 0) is 32.6 Å². The van der Waals surface area contributed by atoms with Crippen LogP contribution in [0.2, 0.25) is 10.0 Å². The largest absolute Gasteiger partial charge is 0.352 e. The van der Waals surface area contributed by atoms with Crippen LogP contribution in [-0.4, -0.2) is 43.8 Å². The van der Waals surface area contributed by atoms with Crippen LogP contribution in [0.5, 0.6) is 0 Å². The van der Waals surface area contributed by atoms with Crippen molar-refractivity contribution < 1.29 is 18.0 Å². The number of halogens is 2. The Morgan fingerprint density at radius 1 is 0.800 bits per heavy atom. The quantitative estimate of drug-likeness (QED) is 0.166. The van der Waals surface area contributed by atoms with Crippen molar-refractivity contribution in [3.63, 3.8) is 0 Å². The standard InChI is InChI=1S/C35H37Cl2N3O4S/c1-4-26(3)38-35(42)33(22-27-8-6-5-7-9-27)39(23-28-12-14-29(36)15-13-28)34(41)24-40(31-18-16-30(37)17-19-31)45(43,44)32-20-10-25(2)11-21-32/h5-21,26,33H,4,22-24H2,1-3H3,(H,38,42)/t26-,33+/m0/s1. The van der Waals surface area contributed by atoms with E-state index in [0.717, 1.165) is 21.0 Å². The number of anilines is 1. The van der Waals surface area contributed by atoms with E-state index in [0.29, 0.717) is 16.5 Å². The zero-order chi connectivity index (χ0) is 32.6. The van der Waals surface area contributed by atoms with Gasteiger partial charge in [0.1, 0.15) is 12.6 Å². The van der Waals surface area contributed by atoms with E-state index in [4.69, 9.17) is 23.2 Å². The molecule has 4 aromatic rings. The lowest BCUT2D eigenvalue weighted by Gasteiger charge is -2.34. The van der Waals surface area contributed by atoms with Gasteiger partial charge in [-0.2, -0.15) is 0 Å². The summed E-state index contributed by atoms with van der Waals surface area (Å²) in [4.78, 5) is 29.9. The molecule has 10 heteroatoms. The molecule has 0 radical (unpaired) electrons. The summed E-state index contributed by atoms with van der Waals surface area (Å²) in [6.45, 7) is 5.24. The van der Waals surface area contributed by atoms with Crippen LogP contribution in [0.15, 0.2) is 108 Å². The maximum Gasteiger partial charge on any atom is 0.264 e. The second-order valence-electron chi connectivity index (χ2n) is 11.0. The summed E-state index contributed by atoms with van der Waals surface area (Å²) in [5.41, 5.74) is 2.76. The average molecular weight is 667 g/mol. The molecule has 0 spiro atoms. The van der Waals surface area contributed by atoms with Gasteiger partial charge in [-0.05, 0) is 79.9 Å². The van der Waals surface area contributed by atoms with Crippen LogP contribution in [0, 0.1) is 6.92 Å². The molecule has 0 aliphatic carbocycles. The number of sulfonamides is 1. The zero-order valence-electron chi connectivity index (χ0n) is 25.5. The van der Waals surface area contributed by atoms with E-state index >= 15 is 0 Å². The molecule has 0 aromatic heterocycles. The van der Waals surface area contributed by atoms with E-state index in [1.165, 1.54) is 17.0 Å². The average Bonchev–Trinajstić information content (AvgIpc) is 3.03. The molecule has 45 heavy (non-hydrogen) atoms. The Morgan fingerprint density at radius 3 is 1.96 bits per heavy atom. The van der Waals surface area contributed by atoms with Crippen LogP contribution in [0.3, 0.4) is 0 Å². The molecule has 236 valence electrons. The molecule has 2 atom stereocenters. The predicted octanol–water partition coefficient (Wildman–Crippen LogP) is 7.05. The Morgan fingerprint density at radius 2 is 1.38 bits per heavy atom. The molecule has 4 rings (SSSR count). The Bertz CT molecular complexity index is 1680. The van der Waals surface area contributed by atoms with Gasteiger partial charge in [0.25, 0.3) is 10.0 Å². The number of hydrogen-bond acceptors (Lipinski definition) is 4. The fourth-order valence-electron chi connectivity index (χ4n) is 4.76. The van der Waals surface area contributed by atoms with E-state index in [1.807, 2.05) is 51.1 Å². The first kappa shape index (κ1) is 34.0. The van der Waals surface area contributed by atoms with Gasteiger partial charge < -0.3 is 10.2 Å². The lowest BCUT2D eigenvalue weighted by molar-refractivity contribution is -0.140. The van der Waals surface area contributed by atoms with Crippen molar-refractivity contribution in [1.29, 1.82) is 0 Å². The van der Waals surface area contributed by atoms with Gasteiger partial charge in [-0.15, -0.1) is 0 Å². The highest BCUT2D eigenvalue weighted by Crippen LogP contribution is 2.27. The maximum absolute atomic E-state index is 14.5. The van der Waals surface area contributed by atoms with Crippen molar-refractivity contribution >= 4 is 50.7 Å². The van der Waals surface area contributed by atoms with Gasteiger partial charge in [0, 0.05) is 29.1 Å². The van der Waals surface area contributed by atoms with Gasteiger partial charge in [0.2, 0.25) is 11.8 Å². The molecular weight excluding hydrogens is 629 g/mol. The smallest absolute Gasteiger partial charge is 0.264 e. The van der Waals surface area contributed by atoms with Gasteiger partial charge >= 0.3 is 0 Å². The Kier molecular flexibility index (Phi) is 11.7. The molecule has 0 saturated carbocycles. The normalized spacial score (nSPS) is 12.6. The molecule has 1 N–H and O–H groups in total. The van der Waals surface area contributed by atoms with Crippen molar-refractivity contribution in [2.24, 2.45) is 0 Å². The van der Waals surface area contributed by atoms with E-state index < -0.39 is 28.5 Å². The number of amides is 2. The highest BCUT2D eigenvalue weighted by atomic mass is 35.5. The second-order valence-corrected chi connectivity index (χ2v) is 13.7. The van der Waals surface area contributed by atoms with Crippen molar-refractivity contribution in [2.45, 2.75) is 57.1 Å². The van der Waals surface area contributed by atoms with Gasteiger partial charge in [-0.25, -0.2) is 8.42 Å². The Hall–Kier alpha value is -3.85. The number of aryl methyl sites for hydroxylation is 1. The number of nitrogens with zero attached hydrogens (tertiary/aromatic N) is 2. The Balaban J connectivity index is 1.80. The van der Waals surface area contributed by atoms with E-state index in [9.17, 15) is 18.0 Å². The number of benzene rings is 4. The van der Waals surface area contributed by atoms with Crippen LogP contribution < -0.4 is 9.62 Å². The van der Waals surface area contributed by atoms with Crippen molar-refractivity contribution in [1.82, 2.24) is 10.2 Å². The monoisotopic (exact) mass is 665 g/mol. The highest BCUT2D eigenvalue weighted by molar-refractivity contribution is 7.92. The molecule has 4 aromatic carbocycles. The number of nitrogens with one attached hydrogen (secondary N) is 1. The Labute approximate surface area is 275 Å². The third kappa shape index (κ3) is 9.10. The first-order chi connectivity index (χ1) is 21.5. The lowest BCUT2D eigenvalue weighted by atomic mass is 10.0. The molecule has 0 aliphatic rings. The molecule has 7 nitrogen and oxygen atoms in total. The van der Waals surface area contributed by atoms with Crippen molar-refractivity contribution in [2.75, 3.05) is 10.8 Å². The third-order valence-electron chi connectivity index (χ3n) is 7.54. The van der Waals surface area contributed by atoms with Gasteiger partial charge in [0.15, 0.2) is 0 Å². The minimum atomic E-state index is -4.19. The number of carbonyl (C=O) groups excluding carboxylic acids is 2. The van der Waals surface area contributed by atoms with Crippen molar-refractivity contribution in [3.05, 3.63) is 130 Å². The summed E-state index contributed by atoms with van der Waals surface area (Å²) in [5.74, 6) is -0.870. The van der Waals surface area contributed by atoms with Crippen LogP contribution in [0.1, 0.15) is 37.0 Å². The first-order valence-electron chi connectivity index (χ1n) is 14.7. The molecule has 0 fully saturated rings. The van der Waals surface area contributed by atoms with Crippen molar-refractivity contribution in [3.8, 4) is 0 Å². The summed E-state index contributed by atoms with van der Waals surface area (Å²) in [6.07, 6.45) is 0.933. The third-order valence-corrected chi connectivity index (χ3v) is 9.83. The first-order valence-corrected chi connectivity index (χ1v) is 16.9. The molecule has 0 unspecified atom stereocenters. The fourth-order valence-corrected chi connectivity index (χ4v) is 6.42. The second kappa shape index (κ2) is 15.4. The summed E-state index contributed by atoms with van der Waals surface area (Å²) >= 11 is 12.3. The van der Waals surface area contributed by atoms with E-state index in [-0.39, 0.29) is 35.5 Å². The minimum Gasteiger partial charge on any atom is -0.352 e. The number of rotatable bonds is 13. The van der Waals surface area contributed by atoms with Crippen LogP contribution in [0.4, 0.5) is 5.69 Å². The number of carbonyl (C=O) groups is 2. The summed E-state index contributed by atoms with van der Waals surface area (Å²) in [6, 6.07) is 28.1. The zero-order valence-corrected chi connectivity index (χ0v) is 27.8. The summed E-state index contributed by atoms with van der Waals surface area (Å²) < 4.78 is 29.2. The van der Waals surface area contributed by atoms with Gasteiger partial charge in [-0.3, -0.25) is 13.9 Å². The number of hydrogen-bond donors (Lipinski definition) is 1. The topological polar surface area (TPSA) is 86.8 Å². The van der Waals surface area contributed by atoms with Gasteiger partial charge in [-0.1, -0.05) is 90.3 Å². The van der Waals surface area contributed by atoms with Gasteiger partial charge in [0.05, 0.1) is 10.6 Å². The van der Waals surface area contributed by atoms with Crippen LogP contribution in [0.25, 0.3) is 0 Å². The molecule has 0 bridgehead atoms. The summed E-state index contributed by atoms with van der Waals surface area (Å²) in [5, 5.41) is 3.99. The summed E-state index contributed by atoms with van der Waals surface area (Å²) in [7, 11) is -4.19. The minimum absolute atomic E-state index is 0.0375. The molecule has 0 saturated heterocycles. The maximum atomic E-state index is 14.5. The predicted molar refractivity (Wildman–Crippen MR) is 181 cm³/mol. The van der Waals surface area contributed by atoms with E-state index in [2.05, 4.69) is 5.32 Å². The molecule has 0 aliphatic heterocycles. The lowest BCUT2D eigenvalue weighted by Crippen LogP contribution is -2.54. The van der Waals surface area contributed by atoms with E-state index in [1.54, 1.807) is 60.7 Å². The SMILES string of the molecule is CC[C@H](C)NC(=O)[C@@H](Cc1ccccc1)N(Cc1ccc(Cl)cc1)C(=O)CN(c1ccc(Cl)cc1)S(=O)(=O)c1ccc(C)cc1. The molecule has 0 heterocycles. The molecular formula is C35H37Cl2N3O4S. The molecule has 2 amide bonds. The van der Waals surface area contributed by atoms with Crippen LogP contribution >= 0.6 is 23.2 Å².